The number of carbonyl (C=O) groups is 1. The third-order valence-electron chi connectivity index (χ3n) is 3.03. The number of rotatable bonds is 7. The predicted molar refractivity (Wildman–Crippen MR) is 86.5 cm³/mol. The van der Waals surface area contributed by atoms with Crippen molar-refractivity contribution in [3.8, 4) is 0 Å². The predicted octanol–water partition coefficient (Wildman–Crippen LogP) is 3.22. The van der Waals surface area contributed by atoms with Crippen LogP contribution in [0.2, 0.25) is 0 Å². The molecule has 0 radical (unpaired) electrons. The summed E-state index contributed by atoms with van der Waals surface area (Å²) in [5.41, 5.74) is 1.25. The van der Waals surface area contributed by atoms with Gasteiger partial charge in [0.2, 0.25) is 5.95 Å². The molecule has 0 atom stereocenters. The number of nitrogens with one attached hydrogen (secondary N) is 2. The Morgan fingerprint density at radius 1 is 1.32 bits per heavy atom. The second kappa shape index (κ2) is 7.97. The maximum Gasteiger partial charge on any atom is 0.337 e. The average molecular weight is 300 g/mol. The van der Waals surface area contributed by atoms with Crippen molar-refractivity contribution >= 4 is 23.4 Å². The van der Waals surface area contributed by atoms with Gasteiger partial charge in [0.15, 0.2) is 0 Å². The van der Waals surface area contributed by atoms with E-state index in [2.05, 4.69) is 27.5 Å². The van der Waals surface area contributed by atoms with Crippen LogP contribution in [0.25, 0.3) is 0 Å². The summed E-state index contributed by atoms with van der Waals surface area (Å²) >= 11 is 0. The fraction of sp³-hybridized carbons (Fsp3) is 0.312. The van der Waals surface area contributed by atoms with E-state index in [1.165, 1.54) is 7.11 Å². The van der Waals surface area contributed by atoms with Crippen LogP contribution in [0.4, 0.5) is 17.5 Å². The Morgan fingerprint density at radius 3 is 2.95 bits per heavy atom. The summed E-state index contributed by atoms with van der Waals surface area (Å²) in [5, 5.41) is 6.33. The molecule has 2 N–H and O–H groups in total. The first-order valence-corrected chi connectivity index (χ1v) is 7.25. The van der Waals surface area contributed by atoms with Crippen LogP contribution in [0.1, 0.15) is 30.1 Å². The monoisotopic (exact) mass is 300 g/mol. The molecule has 1 aromatic heterocycles. The molecule has 2 aromatic rings. The van der Waals surface area contributed by atoms with E-state index in [4.69, 9.17) is 4.74 Å². The van der Waals surface area contributed by atoms with E-state index in [1.807, 2.05) is 6.07 Å². The normalized spacial score (nSPS) is 10.1. The van der Waals surface area contributed by atoms with E-state index in [9.17, 15) is 4.79 Å². The molecule has 116 valence electrons. The Bertz CT molecular complexity index is 631. The molecule has 0 aliphatic rings. The SMILES string of the molecule is CCCCNc1nccc(Nc2cccc(C(=O)OC)c2)n1. The minimum absolute atomic E-state index is 0.367. The molecule has 0 spiro atoms. The second-order valence-corrected chi connectivity index (χ2v) is 4.74. The van der Waals surface area contributed by atoms with Gasteiger partial charge in [0.1, 0.15) is 5.82 Å². The highest BCUT2D eigenvalue weighted by molar-refractivity contribution is 5.90. The first-order valence-electron chi connectivity index (χ1n) is 7.25. The summed E-state index contributed by atoms with van der Waals surface area (Å²) in [6, 6.07) is 8.84. The van der Waals surface area contributed by atoms with Gasteiger partial charge >= 0.3 is 5.97 Å². The van der Waals surface area contributed by atoms with Crippen LogP contribution in [0, 0.1) is 0 Å². The smallest absolute Gasteiger partial charge is 0.337 e. The first-order chi connectivity index (χ1) is 10.7. The molecule has 6 heteroatoms. The van der Waals surface area contributed by atoms with Gasteiger partial charge in [-0.05, 0) is 30.7 Å². The van der Waals surface area contributed by atoms with Crippen LogP contribution in [0.3, 0.4) is 0 Å². The molecule has 1 heterocycles. The number of aromatic nitrogens is 2. The van der Waals surface area contributed by atoms with Gasteiger partial charge < -0.3 is 15.4 Å². The lowest BCUT2D eigenvalue weighted by molar-refractivity contribution is 0.0601. The summed E-state index contributed by atoms with van der Waals surface area (Å²) in [4.78, 5) is 20.1. The molecule has 0 aliphatic heterocycles. The lowest BCUT2D eigenvalue weighted by atomic mass is 10.2. The lowest BCUT2D eigenvalue weighted by Gasteiger charge is -2.09. The maximum atomic E-state index is 11.5. The minimum atomic E-state index is -0.367. The zero-order valence-electron chi connectivity index (χ0n) is 12.8. The number of hydrogen-bond acceptors (Lipinski definition) is 6. The number of hydrogen-bond donors (Lipinski definition) is 2. The average Bonchev–Trinajstić information content (AvgIpc) is 2.55. The lowest BCUT2D eigenvalue weighted by Crippen LogP contribution is -2.06. The zero-order valence-corrected chi connectivity index (χ0v) is 12.8. The number of ether oxygens (including phenoxy) is 1. The van der Waals surface area contributed by atoms with Crippen molar-refractivity contribution in [2.75, 3.05) is 24.3 Å². The van der Waals surface area contributed by atoms with Crippen molar-refractivity contribution in [3.63, 3.8) is 0 Å². The topological polar surface area (TPSA) is 76.1 Å². The Hall–Kier alpha value is -2.63. The van der Waals surface area contributed by atoms with E-state index in [0.717, 1.165) is 25.1 Å². The number of benzene rings is 1. The fourth-order valence-corrected chi connectivity index (χ4v) is 1.88. The molecule has 0 bridgehead atoms. The first kappa shape index (κ1) is 15.8. The third kappa shape index (κ3) is 4.44. The highest BCUT2D eigenvalue weighted by Crippen LogP contribution is 2.17. The Morgan fingerprint density at radius 2 is 2.18 bits per heavy atom. The molecular formula is C16H20N4O2. The number of anilines is 3. The molecule has 0 aliphatic carbocycles. The van der Waals surface area contributed by atoms with E-state index >= 15 is 0 Å². The summed E-state index contributed by atoms with van der Waals surface area (Å²) in [6.07, 6.45) is 3.88. The summed E-state index contributed by atoms with van der Waals surface area (Å²) in [7, 11) is 1.36. The quantitative estimate of drug-likeness (QED) is 0.604. The van der Waals surface area contributed by atoms with Gasteiger partial charge in [0, 0.05) is 18.4 Å². The maximum absolute atomic E-state index is 11.5. The molecule has 22 heavy (non-hydrogen) atoms. The van der Waals surface area contributed by atoms with Crippen LogP contribution in [0.15, 0.2) is 36.5 Å². The highest BCUT2D eigenvalue weighted by Gasteiger charge is 2.06. The zero-order chi connectivity index (χ0) is 15.8. The standard InChI is InChI=1S/C16H20N4O2/c1-3-4-9-17-16-18-10-8-14(20-16)19-13-7-5-6-12(11-13)15(21)22-2/h5-8,10-11H,3-4,9H2,1-2H3,(H2,17,18,19,20). The van der Waals surface area contributed by atoms with Crippen molar-refractivity contribution in [1.82, 2.24) is 9.97 Å². The van der Waals surface area contributed by atoms with Crippen molar-refractivity contribution in [2.24, 2.45) is 0 Å². The molecule has 0 unspecified atom stereocenters. The van der Waals surface area contributed by atoms with Crippen LogP contribution >= 0.6 is 0 Å². The number of carbonyl (C=O) groups excluding carboxylic acids is 1. The molecule has 0 saturated carbocycles. The number of esters is 1. The van der Waals surface area contributed by atoms with E-state index < -0.39 is 0 Å². The van der Waals surface area contributed by atoms with E-state index in [0.29, 0.717) is 17.3 Å². The van der Waals surface area contributed by atoms with Crippen molar-refractivity contribution in [2.45, 2.75) is 19.8 Å². The van der Waals surface area contributed by atoms with Crippen LogP contribution in [-0.2, 0) is 4.74 Å². The fourth-order valence-electron chi connectivity index (χ4n) is 1.88. The number of nitrogens with zero attached hydrogens (tertiary/aromatic N) is 2. The van der Waals surface area contributed by atoms with Crippen molar-refractivity contribution in [1.29, 1.82) is 0 Å². The van der Waals surface area contributed by atoms with Crippen LogP contribution < -0.4 is 10.6 Å². The number of unbranched alkanes of at least 4 members (excludes halogenated alkanes) is 1. The van der Waals surface area contributed by atoms with Gasteiger partial charge in [0.25, 0.3) is 0 Å². The minimum Gasteiger partial charge on any atom is -0.465 e. The molecular weight excluding hydrogens is 280 g/mol. The molecule has 1 aromatic carbocycles. The second-order valence-electron chi connectivity index (χ2n) is 4.74. The van der Waals surface area contributed by atoms with E-state index in [-0.39, 0.29) is 5.97 Å². The molecule has 0 amide bonds. The van der Waals surface area contributed by atoms with Gasteiger partial charge in [-0.1, -0.05) is 19.4 Å². The largest absolute Gasteiger partial charge is 0.465 e. The third-order valence-corrected chi connectivity index (χ3v) is 3.03. The van der Waals surface area contributed by atoms with Gasteiger partial charge in [0.05, 0.1) is 12.7 Å². The summed E-state index contributed by atoms with van der Waals surface area (Å²) < 4.78 is 4.71. The Balaban J connectivity index is 2.07. The van der Waals surface area contributed by atoms with Gasteiger partial charge in [-0.25, -0.2) is 9.78 Å². The summed E-state index contributed by atoms with van der Waals surface area (Å²) in [6.45, 7) is 2.98. The molecule has 0 fully saturated rings. The highest BCUT2D eigenvalue weighted by atomic mass is 16.5. The molecule has 6 nitrogen and oxygen atoms in total. The Labute approximate surface area is 129 Å². The van der Waals surface area contributed by atoms with Gasteiger partial charge in [-0.3, -0.25) is 0 Å². The van der Waals surface area contributed by atoms with Crippen molar-refractivity contribution < 1.29 is 9.53 Å². The van der Waals surface area contributed by atoms with E-state index in [1.54, 1.807) is 30.5 Å². The van der Waals surface area contributed by atoms with Gasteiger partial charge in [-0.15, -0.1) is 0 Å². The summed E-state index contributed by atoms with van der Waals surface area (Å²) in [5.74, 6) is 0.881. The van der Waals surface area contributed by atoms with Crippen LogP contribution in [0.5, 0.6) is 0 Å². The molecule has 2 rings (SSSR count). The van der Waals surface area contributed by atoms with Crippen molar-refractivity contribution in [3.05, 3.63) is 42.1 Å². The molecule has 0 saturated heterocycles. The van der Waals surface area contributed by atoms with Gasteiger partial charge in [-0.2, -0.15) is 4.98 Å². The number of methoxy groups -OCH3 is 1. The van der Waals surface area contributed by atoms with Crippen LogP contribution in [-0.4, -0.2) is 29.6 Å². The Kier molecular flexibility index (Phi) is 5.71.